The Morgan fingerprint density at radius 1 is 1.06 bits per heavy atom. The van der Waals surface area contributed by atoms with E-state index in [1.54, 1.807) is 11.0 Å². The van der Waals surface area contributed by atoms with Crippen molar-refractivity contribution in [3.05, 3.63) is 15.8 Å². The molecule has 0 spiro atoms. The van der Waals surface area contributed by atoms with E-state index in [1.807, 2.05) is 20.8 Å². The Balaban J connectivity index is 1.99. The van der Waals surface area contributed by atoms with Crippen LogP contribution in [0, 0.1) is 29.1 Å². The summed E-state index contributed by atoms with van der Waals surface area (Å²) in [4.78, 5) is 28.5. The van der Waals surface area contributed by atoms with Crippen LogP contribution in [0.15, 0.2) is 6.07 Å². The molecule has 0 aromatic carbocycles. The van der Waals surface area contributed by atoms with E-state index in [4.69, 9.17) is 0 Å². The third-order valence-corrected chi connectivity index (χ3v) is 7.39. The number of amides is 1. The van der Waals surface area contributed by atoms with Crippen molar-refractivity contribution < 1.29 is 19.8 Å². The molecule has 170 valence electrons. The van der Waals surface area contributed by atoms with Gasteiger partial charge in [-0.1, -0.05) is 18.8 Å². The Kier molecular flexibility index (Phi) is 7.49. The highest BCUT2D eigenvalue weighted by Crippen LogP contribution is 2.38. The predicted octanol–water partition coefficient (Wildman–Crippen LogP) is 5.31. The van der Waals surface area contributed by atoms with Crippen molar-refractivity contribution in [2.45, 2.75) is 91.2 Å². The molecular weight excluding hydrogens is 410 g/mol. The van der Waals surface area contributed by atoms with Gasteiger partial charge in [-0.2, -0.15) is 0 Å². The van der Waals surface area contributed by atoms with Gasteiger partial charge in [0, 0.05) is 17.4 Å². The molecule has 0 bridgehead atoms. The van der Waals surface area contributed by atoms with E-state index in [-0.39, 0.29) is 34.3 Å². The van der Waals surface area contributed by atoms with Gasteiger partial charge in [-0.15, -0.1) is 11.3 Å². The summed E-state index contributed by atoms with van der Waals surface area (Å²) < 4.78 is 0. The van der Waals surface area contributed by atoms with Gasteiger partial charge in [0.15, 0.2) is 0 Å². The number of carboxylic acid groups (broad SMARTS) is 1. The summed E-state index contributed by atoms with van der Waals surface area (Å²) in [6, 6.07) is 1.72. The highest BCUT2D eigenvalue weighted by atomic mass is 32.1. The minimum absolute atomic E-state index is 0.0453. The molecule has 1 heterocycles. The predicted molar refractivity (Wildman–Crippen MR) is 124 cm³/mol. The number of hydrogen-bond acceptors (Lipinski definition) is 4. The normalized spacial score (nSPS) is 26.6. The summed E-state index contributed by atoms with van der Waals surface area (Å²) in [5.41, 5.74) is 0.294. The molecule has 0 unspecified atom stereocenters. The number of carbonyl (C=O) groups is 2. The van der Waals surface area contributed by atoms with Gasteiger partial charge < -0.3 is 15.1 Å². The molecule has 6 heteroatoms. The summed E-state index contributed by atoms with van der Waals surface area (Å²) in [6.07, 6.45) is 6.10. The lowest BCUT2D eigenvalue weighted by molar-refractivity contribution is -0.124. The minimum Gasteiger partial charge on any atom is -0.477 e. The molecule has 2 aliphatic carbocycles. The Bertz CT molecular complexity index is 856. The largest absolute Gasteiger partial charge is 0.477 e. The zero-order valence-corrected chi connectivity index (χ0v) is 19.9. The summed E-state index contributed by atoms with van der Waals surface area (Å²) in [7, 11) is 0. The standard InChI is InChI=1S/C25H35NO4S/c1-16-5-7-17(8-6-16)23(28)26(18-9-11-19(27)12-10-18)21-15-20(13-14-25(2,3)4)31-22(21)24(29)30/h15-19,27H,5-12H2,1-4H3,(H,29,30)/t16-,17-,18-,19+. The van der Waals surface area contributed by atoms with E-state index < -0.39 is 5.97 Å². The smallest absolute Gasteiger partial charge is 0.348 e. The molecule has 5 nitrogen and oxygen atoms in total. The number of carboxylic acids is 1. The summed E-state index contributed by atoms with van der Waals surface area (Å²) in [5.74, 6) is 5.89. The van der Waals surface area contributed by atoms with Crippen molar-refractivity contribution in [2.24, 2.45) is 17.3 Å². The monoisotopic (exact) mass is 445 g/mol. The number of aliphatic hydroxyl groups excluding tert-OH is 1. The van der Waals surface area contributed by atoms with Crippen LogP contribution in [-0.2, 0) is 4.79 Å². The number of rotatable bonds is 4. The fraction of sp³-hybridized carbons (Fsp3) is 0.680. The maximum atomic E-state index is 13.7. The second-order valence-electron chi connectivity index (χ2n) is 10.3. The van der Waals surface area contributed by atoms with Gasteiger partial charge in [-0.3, -0.25) is 4.79 Å². The molecular formula is C25H35NO4S. The first-order valence-corrected chi connectivity index (χ1v) is 12.3. The first-order valence-electron chi connectivity index (χ1n) is 11.5. The van der Waals surface area contributed by atoms with E-state index in [9.17, 15) is 19.8 Å². The van der Waals surface area contributed by atoms with Gasteiger partial charge in [0.2, 0.25) is 5.91 Å². The van der Waals surface area contributed by atoms with Gasteiger partial charge in [-0.25, -0.2) is 4.79 Å². The van der Waals surface area contributed by atoms with Crippen LogP contribution in [0.2, 0.25) is 0 Å². The number of aliphatic hydroxyl groups is 1. The van der Waals surface area contributed by atoms with Crippen molar-refractivity contribution in [2.75, 3.05) is 4.90 Å². The SMILES string of the molecule is CC(C)(C)C#Cc1cc(N(C(=O)[C@H]2CC[C@H](C)CC2)[C@H]2CC[C@@H](O)CC2)c(C(=O)O)s1. The molecule has 0 atom stereocenters. The minimum atomic E-state index is -1.02. The molecule has 0 saturated heterocycles. The molecule has 3 rings (SSSR count). The lowest BCUT2D eigenvalue weighted by atomic mass is 9.81. The molecule has 0 radical (unpaired) electrons. The van der Waals surface area contributed by atoms with Crippen LogP contribution in [0.1, 0.15) is 93.6 Å². The molecule has 31 heavy (non-hydrogen) atoms. The maximum Gasteiger partial charge on any atom is 0.348 e. The number of carbonyl (C=O) groups excluding carboxylic acids is 1. The number of hydrogen-bond donors (Lipinski definition) is 2. The van der Waals surface area contributed by atoms with Gasteiger partial charge in [0.25, 0.3) is 0 Å². The maximum absolute atomic E-state index is 13.7. The van der Waals surface area contributed by atoms with E-state index >= 15 is 0 Å². The zero-order valence-electron chi connectivity index (χ0n) is 19.1. The van der Waals surface area contributed by atoms with Gasteiger partial charge in [-0.05, 0) is 84.1 Å². The average molecular weight is 446 g/mol. The lowest BCUT2D eigenvalue weighted by Gasteiger charge is -2.38. The van der Waals surface area contributed by atoms with Crippen LogP contribution >= 0.6 is 11.3 Å². The van der Waals surface area contributed by atoms with E-state index in [1.165, 1.54) is 0 Å². The Morgan fingerprint density at radius 2 is 1.68 bits per heavy atom. The molecule has 1 aromatic rings. The van der Waals surface area contributed by atoms with Crippen LogP contribution in [0.25, 0.3) is 0 Å². The Labute approximate surface area is 189 Å². The summed E-state index contributed by atoms with van der Waals surface area (Å²) >= 11 is 1.15. The topological polar surface area (TPSA) is 77.8 Å². The first-order chi connectivity index (χ1) is 14.5. The molecule has 1 amide bonds. The first kappa shape index (κ1) is 23.8. The lowest BCUT2D eigenvalue weighted by Crippen LogP contribution is -2.47. The molecule has 1 aromatic heterocycles. The average Bonchev–Trinajstić information content (AvgIpc) is 3.12. The number of thiophene rings is 1. The highest BCUT2D eigenvalue weighted by molar-refractivity contribution is 7.15. The van der Waals surface area contributed by atoms with Crippen molar-refractivity contribution in [1.82, 2.24) is 0 Å². The zero-order chi connectivity index (χ0) is 22.8. The molecule has 0 aliphatic heterocycles. The van der Waals surface area contributed by atoms with Crippen LogP contribution in [-0.4, -0.2) is 34.2 Å². The number of nitrogens with zero attached hydrogens (tertiary/aromatic N) is 1. The molecule has 2 saturated carbocycles. The van der Waals surface area contributed by atoms with Crippen molar-refractivity contribution in [3.8, 4) is 11.8 Å². The van der Waals surface area contributed by atoms with Crippen LogP contribution in [0.3, 0.4) is 0 Å². The van der Waals surface area contributed by atoms with Crippen LogP contribution < -0.4 is 4.90 Å². The van der Waals surface area contributed by atoms with Gasteiger partial charge in [0.1, 0.15) is 4.88 Å². The van der Waals surface area contributed by atoms with E-state index in [0.29, 0.717) is 42.2 Å². The Morgan fingerprint density at radius 3 is 2.23 bits per heavy atom. The summed E-state index contributed by atoms with van der Waals surface area (Å²) in [5, 5.41) is 19.9. The van der Waals surface area contributed by atoms with Crippen LogP contribution in [0.4, 0.5) is 5.69 Å². The van der Waals surface area contributed by atoms with Crippen molar-refractivity contribution in [3.63, 3.8) is 0 Å². The number of aromatic carboxylic acids is 1. The molecule has 2 aliphatic rings. The fourth-order valence-electron chi connectivity index (χ4n) is 4.54. The molecule has 2 fully saturated rings. The van der Waals surface area contributed by atoms with Crippen LogP contribution in [0.5, 0.6) is 0 Å². The van der Waals surface area contributed by atoms with E-state index in [0.717, 1.165) is 37.0 Å². The van der Waals surface area contributed by atoms with Gasteiger partial charge >= 0.3 is 5.97 Å². The molecule has 2 N–H and O–H groups in total. The second kappa shape index (κ2) is 9.75. The fourth-order valence-corrected chi connectivity index (χ4v) is 5.38. The number of anilines is 1. The third kappa shape index (κ3) is 6.11. The quantitative estimate of drug-likeness (QED) is 0.616. The van der Waals surface area contributed by atoms with E-state index in [2.05, 4.69) is 18.8 Å². The summed E-state index contributed by atoms with van der Waals surface area (Å²) in [6.45, 7) is 8.27. The second-order valence-corrected chi connectivity index (χ2v) is 11.3. The third-order valence-electron chi connectivity index (χ3n) is 6.36. The van der Waals surface area contributed by atoms with Gasteiger partial charge in [0.05, 0.1) is 16.7 Å². The van der Waals surface area contributed by atoms with Crippen molar-refractivity contribution >= 4 is 28.9 Å². The van der Waals surface area contributed by atoms with Crippen molar-refractivity contribution in [1.29, 1.82) is 0 Å². The highest BCUT2D eigenvalue weighted by Gasteiger charge is 2.37. The Hall–Kier alpha value is -1.84.